The molecule has 1 N–H and O–H groups in total. The second kappa shape index (κ2) is 8.82. The van der Waals surface area contributed by atoms with Gasteiger partial charge in [0.1, 0.15) is 11.9 Å². The molecule has 0 spiro atoms. The Balaban J connectivity index is 1.38. The number of hydrogen-bond donors (Lipinski definition) is 1. The summed E-state index contributed by atoms with van der Waals surface area (Å²) < 4.78 is 18.6. The van der Waals surface area contributed by atoms with Crippen molar-refractivity contribution in [3.63, 3.8) is 0 Å². The predicted octanol–water partition coefficient (Wildman–Crippen LogP) is 3.62. The highest BCUT2D eigenvalue weighted by molar-refractivity contribution is 6.31. The summed E-state index contributed by atoms with van der Waals surface area (Å²) in [4.78, 5) is 26.3. The fourth-order valence-electron chi connectivity index (χ4n) is 3.55. The molecule has 2 heterocycles. The van der Waals surface area contributed by atoms with E-state index in [9.17, 15) is 14.0 Å². The van der Waals surface area contributed by atoms with Gasteiger partial charge >= 0.3 is 0 Å². The number of likely N-dealkylation sites (tertiary alicyclic amines) is 1. The lowest BCUT2D eigenvalue weighted by Crippen LogP contribution is -2.43. The lowest BCUT2D eigenvalue weighted by molar-refractivity contribution is -0.142. The Morgan fingerprint density at radius 3 is 2.69 bits per heavy atom. The van der Waals surface area contributed by atoms with Gasteiger partial charge in [-0.2, -0.15) is 0 Å². The average Bonchev–Trinajstić information content (AvgIpc) is 3.18. The van der Waals surface area contributed by atoms with E-state index in [4.69, 9.17) is 16.3 Å². The van der Waals surface area contributed by atoms with Gasteiger partial charge in [0.25, 0.3) is 5.91 Å². The lowest BCUT2D eigenvalue weighted by atomic mass is 9.91. The predicted molar refractivity (Wildman–Crippen MR) is 97.6 cm³/mol. The molecule has 26 heavy (non-hydrogen) atoms. The second-order valence-electron chi connectivity index (χ2n) is 6.99. The molecule has 2 aliphatic heterocycles. The molecule has 1 aromatic carbocycles. The molecule has 0 aromatic heterocycles. The molecule has 2 aliphatic rings. The molecule has 2 amide bonds. The van der Waals surface area contributed by atoms with Gasteiger partial charge in [0, 0.05) is 31.8 Å². The maximum Gasteiger partial charge on any atom is 0.251 e. The van der Waals surface area contributed by atoms with Gasteiger partial charge in [0.2, 0.25) is 5.91 Å². The zero-order valence-corrected chi connectivity index (χ0v) is 15.4. The van der Waals surface area contributed by atoms with Crippen molar-refractivity contribution in [2.45, 2.75) is 44.6 Å². The van der Waals surface area contributed by atoms with E-state index in [1.54, 1.807) is 0 Å². The second-order valence-corrected chi connectivity index (χ2v) is 7.39. The first-order valence-corrected chi connectivity index (χ1v) is 9.56. The first-order valence-electron chi connectivity index (χ1n) is 9.18. The topological polar surface area (TPSA) is 58.6 Å². The van der Waals surface area contributed by atoms with Crippen molar-refractivity contribution in [1.29, 1.82) is 0 Å². The molecule has 0 radical (unpaired) electrons. The summed E-state index contributed by atoms with van der Waals surface area (Å²) in [7, 11) is 0. The highest BCUT2D eigenvalue weighted by atomic mass is 35.5. The van der Waals surface area contributed by atoms with Crippen molar-refractivity contribution < 1.29 is 18.7 Å². The van der Waals surface area contributed by atoms with Crippen LogP contribution in [0.2, 0.25) is 5.02 Å². The van der Waals surface area contributed by atoms with Gasteiger partial charge in [-0.05, 0) is 56.2 Å². The van der Waals surface area contributed by atoms with Crippen molar-refractivity contribution in [1.82, 2.24) is 4.90 Å². The highest BCUT2D eigenvalue weighted by Gasteiger charge is 2.30. The molecule has 1 unspecified atom stereocenters. The van der Waals surface area contributed by atoms with E-state index in [1.807, 2.05) is 4.90 Å². The molecule has 142 valence electrons. The van der Waals surface area contributed by atoms with E-state index < -0.39 is 5.82 Å². The Morgan fingerprint density at radius 2 is 2.04 bits per heavy atom. The number of halogens is 2. The standard InChI is InChI=1S/C19H24ClFN2O3/c20-15-12-14(4-5-16(15)21)22-18(24)6-3-13-7-9-23(10-8-13)19(25)17-2-1-11-26-17/h4-5,12-13,17H,1-3,6-11H2,(H,22,24). The largest absolute Gasteiger partial charge is 0.368 e. The number of nitrogens with zero attached hydrogens (tertiary/aromatic N) is 1. The number of piperidine rings is 1. The van der Waals surface area contributed by atoms with Gasteiger partial charge < -0.3 is 15.0 Å². The summed E-state index contributed by atoms with van der Waals surface area (Å²) in [5.74, 6) is -0.0579. The van der Waals surface area contributed by atoms with E-state index in [-0.39, 0.29) is 22.9 Å². The van der Waals surface area contributed by atoms with E-state index in [2.05, 4.69) is 5.32 Å². The van der Waals surface area contributed by atoms with Gasteiger partial charge in [-0.3, -0.25) is 9.59 Å². The van der Waals surface area contributed by atoms with E-state index >= 15 is 0 Å². The minimum atomic E-state index is -0.506. The number of ether oxygens (including phenoxy) is 1. The monoisotopic (exact) mass is 382 g/mol. The normalized spacial score (nSPS) is 21.0. The Bertz CT molecular complexity index is 656. The Labute approximate surface area is 157 Å². The molecule has 5 nitrogen and oxygen atoms in total. The molecule has 2 fully saturated rings. The first-order chi connectivity index (χ1) is 12.5. The number of hydrogen-bond acceptors (Lipinski definition) is 3. The summed E-state index contributed by atoms with van der Waals surface area (Å²) in [6, 6.07) is 4.14. The van der Waals surface area contributed by atoms with Crippen molar-refractivity contribution in [2.24, 2.45) is 5.92 Å². The molecule has 0 saturated carbocycles. The molecular formula is C19H24ClFN2O3. The molecule has 1 aromatic rings. The molecule has 3 rings (SSSR count). The van der Waals surface area contributed by atoms with Crippen LogP contribution in [0.15, 0.2) is 18.2 Å². The smallest absolute Gasteiger partial charge is 0.251 e. The fraction of sp³-hybridized carbons (Fsp3) is 0.579. The van der Waals surface area contributed by atoms with Crippen LogP contribution in [0.4, 0.5) is 10.1 Å². The third kappa shape index (κ3) is 4.95. The number of benzene rings is 1. The maximum atomic E-state index is 13.1. The van der Waals surface area contributed by atoms with Gasteiger partial charge in [-0.25, -0.2) is 4.39 Å². The summed E-state index contributed by atoms with van der Waals surface area (Å²) in [5, 5.41) is 2.73. The summed E-state index contributed by atoms with van der Waals surface area (Å²) in [5.41, 5.74) is 0.498. The summed E-state index contributed by atoms with van der Waals surface area (Å²) in [6.45, 7) is 2.15. The van der Waals surface area contributed by atoms with Gasteiger partial charge in [0.15, 0.2) is 0 Å². The molecule has 0 aliphatic carbocycles. The number of anilines is 1. The van der Waals surface area contributed by atoms with Crippen LogP contribution in [-0.2, 0) is 14.3 Å². The van der Waals surface area contributed by atoms with Crippen molar-refractivity contribution in [3.05, 3.63) is 29.0 Å². The summed E-state index contributed by atoms with van der Waals surface area (Å²) in [6.07, 6.45) is 4.54. The van der Waals surface area contributed by atoms with Crippen LogP contribution >= 0.6 is 11.6 Å². The van der Waals surface area contributed by atoms with Crippen molar-refractivity contribution in [3.8, 4) is 0 Å². The van der Waals surface area contributed by atoms with Gasteiger partial charge in [-0.1, -0.05) is 11.6 Å². The number of carbonyl (C=O) groups excluding carboxylic acids is 2. The molecule has 7 heteroatoms. The van der Waals surface area contributed by atoms with Gasteiger partial charge in [-0.15, -0.1) is 0 Å². The number of amides is 2. The van der Waals surface area contributed by atoms with Crippen LogP contribution in [0, 0.1) is 11.7 Å². The number of rotatable bonds is 5. The maximum absolute atomic E-state index is 13.1. The van der Waals surface area contributed by atoms with E-state index in [0.717, 1.165) is 45.2 Å². The van der Waals surface area contributed by atoms with Crippen LogP contribution in [0.25, 0.3) is 0 Å². The van der Waals surface area contributed by atoms with Gasteiger partial charge in [0.05, 0.1) is 5.02 Å². The molecule has 0 bridgehead atoms. The van der Waals surface area contributed by atoms with Crippen LogP contribution in [0.1, 0.15) is 38.5 Å². The Kier molecular flexibility index (Phi) is 6.48. The van der Waals surface area contributed by atoms with E-state index in [1.165, 1.54) is 18.2 Å². The number of nitrogens with one attached hydrogen (secondary N) is 1. The minimum Gasteiger partial charge on any atom is -0.368 e. The first kappa shape index (κ1) is 19.1. The van der Waals surface area contributed by atoms with E-state index in [0.29, 0.717) is 24.6 Å². The molecular weight excluding hydrogens is 359 g/mol. The fourth-order valence-corrected chi connectivity index (χ4v) is 3.73. The third-order valence-corrected chi connectivity index (χ3v) is 5.40. The molecule has 2 saturated heterocycles. The zero-order valence-electron chi connectivity index (χ0n) is 14.7. The minimum absolute atomic E-state index is 0.00826. The Hall–Kier alpha value is -1.66. The van der Waals surface area contributed by atoms with Crippen LogP contribution in [0.5, 0.6) is 0 Å². The highest BCUT2D eigenvalue weighted by Crippen LogP contribution is 2.25. The van der Waals surface area contributed by atoms with Crippen LogP contribution < -0.4 is 5.32 Å². The quantitative estimate of drug-likeness (QED) is 0.846. The van der Waals surface area contributed by atoms with Crippen molar-refractivity contribution in [2.75, 3.05) is 25.0 Å². The third-order valence-electron chi connectivity index (χ3n) is 5.11. The summed E-state index contributed by atoms with van der Waals surface area (Å²) >= 11 is 5.71. The SMILES string of the molecule is O=C(CCC1CCN(C(=O)C2CCCO2)CC1)Nc1ccc(F)c(Cl)c1. The number of carbonyl (C=O) groups is 2. The Morgan fingerprint density at radius 1 is 1.27 bits per heavy atom. The average molecular weight is 383 g/mol. The molecule has 1 atom stereocenters. The zero-order chi connectivity index (χ0) is 18.5. The lowest BCUT2D eigenvalue weighted by Gasteiger charge is -2.33. The van der Waals surface area contributed by atoms with Crippen LogP contribution in [-0.4, -0.2) is 42.5 Å². The van der Waals surface area contributed by atoms with Crippen molar-refractivity contribution >= 4 is 29.1 Å². The van der Waals surface area contributed by atoms with Crippen LogP contribution in [0.3, 0.4) is 0 Å².